The number of rotatable bonds is 6. The number of hydrogen-bond acceptors (Lipinski definition) is 4. The number of methoxy groups -OCH3 is 1. The quantitative estimate of drug-likeness (QED) is 0.845. The van der Waals surface area contributed by atoms with Crippen molar-refractivity contribution < 1.29 is 14.6 Å². The van der Waals surface area contributed by atoms with E-state index in [0.29, 0.717) is 24.3 Å². The van der Waals surface area contributed by atoms with Gasteiger partial charge in [-0.05, 0) is 63.3 Å². The Hall–Kier alpha value is -1.59. The van der Waals surface area contributed by atoms with Gasteiger partial charge >= 0.3 is 0 Å². The number of aliphatic hydroxyl groups excluding tert-OH is 1. The van der Waals surface area contributed by atoms with Gasteiger partial charge in [-0.2, -0.15) is 0 Å². The average molecular weight is 320 g/mol. The van der Waals surface area contributed by atoms with Gasteiger partial charge in [-0.1, -0.05) is 6.07 Å². The van der Waals surface area contributed by atoms with Crippen LogP contribution < -0.4 is 10.1 Å². The molecule has 1 aromatic rings. The highest BCUT2D eigenvalue weighted by molar-refractivity contribution is 5.93. The molecule has 0 radical (unpaired) electrons. The molecule has 0 atom stereocenters. The van der Waals surface area contributed by atoms with Crippen LogP contribution >= 0.6 is 0 Å². The van der Waals surface area contributed by atoms with Gasteiger partial charge in [0.2, 0.25) is 5.91 Å². The Bertz CT molecular complexity index is 525. The van der Waals surface area contributed by atoms with Crippen LogP contribution in [-0.4, -0.2) is 49.3 Å². The summed E-state index contributed by atoms with van der Waals surface area (Å²) in [6.07, 6.45) is 4.17. The number of nitrogens with one attached hydrogen (secondary N) is 1. The summed E-state index contributed by atoms with van der Waals surface area (Å²) in [7, 11) is 3.60. The maximum absolute atomic E-state index is 12.3. The van der Waals surface area contributed by atoms with Gasteiger partial charge in [0.15, 0.2) is 0 Å². The lowest BCUT2D eigenvalue weighted by atomic mass is 9.86. The Labute approximate surface area is 138 Å². The predicted octanol–water partition coefficient (Wildman–Crippen LogP) is 2.43. The summed E-state index contributed by atoms with van der Waals surface area (Å²) in [4.78, 5) is 14.4. The molecule has 0 aliphatic heterocycles. The van der Waals surface area contributed by atoms with Gasteiger partial charge in [0.05, 0.1) is 19.3 Å². The van der Waals surface area contributed by atoms with E-state index in [9.17, 15) is 9.90 Å². The molecular weight excluding hydrogens is 292 g/mol. The molecule has 0 saturated heterocycles. The third kappa shape index (κ3) is 4.94. The molecule has 1 aromatic carbocycles. The number of benzene rings is 1. The van der Waals surface area contributed by atoms with Gasteiger partial charge in [0.25, 0.3) is 0 Å². The van der Waals surface area contributed by atoms with E-state index in [1.54, 1.807) is 7.11 Å². The lowest BCUT2D eigenvalue weighted by Crippen LogP contribution is -2.40. The molecule has 128 valence electrons. The Morgan fingerprint density at radius 2 is 2.04 bits per heavy atom. The predicted molar refractivity (Wildman–Crippen MR) is 91.8 cm³/mol. The smallest absolute Gasteiger partial charge is 0.238 e. The van der Waals surface area contributed by atoms with Crippen LogP contribution in [0.15, 0.2) is 18.2 Å². The molecule has 1 fully saturated rings. The minimum atomic E-state index is -0.0271. The molecule has 2 N–H and O–H groups in total. The lowest BCUT2D eigenvalue weighted by Gasteiger charge is -2.33. The van der Waals surface area contributed by atoms with Gasteiger partial charge < -0.3 is 15.2 Å². The second kappa shape index (κ2) is 8.31. The highest BCUT2D eigenvalue weighted by Crippen LogP contribution is 2.27. The van der Waals surface area contributed by atoms with Crippen LogP contribution in [0.1, 0.15) is 31.2 Å². The SMILES string of the molecule is COc1ccc(C)cc1NC(=O)CN(C)C1CCC(CO)CC1. The van der Waals surface area contributed by atoms with Crippen LogP contribution in [0.3, 0.4) is 0 Å². The summed E-state index contributed by atoms with van der Waals surface area (Å²) < 4.78 is 5.29. The number of anilines is 1. The van der Waals surface area contributed by atoms with E-state index in [-0.39, 0.29) is 12.5 Å². The molecule has 1 amide bonds. The summed E-state index contributed by atoms with van der Waals surface area (Å²) in [5.74, 6) is 1.08. The van der Waals surface area contributed by atoms with Crippen LogP contribution in [0.4, 0.5) is 5.69 Å². The maximum atomic E-state index is 12.3. The number of ether oxygens (including phenoxy) is 1. The van der Waals surface area contributed by atoms with Crippen molar-refractivity contribution >= 4 is 11.6 Å². The highest BCUT2D eigenvalue weighted by atomic mass is 16.5. The molecule has 0 aromatic heterocycles. The summed E-state index contributed by atoms with van der Waals surface area (Å²) in [5, 5.41) is 12.2. The molecule has 23 heavy (non-hydrogen) atoms. The second-order valence-electron chi connectivity index (χ2n) is 6.52. The number of carbonyl (C=O) groups is 1. The number of aryl methyl sites for hydroxylation is 1. The average Bonchev–Trinajstić information content (AvgIpc) is 2.55. The van der Waals surface area contributed by atoms with Gasteiger partial charge in [0, 0.05) is 12.6 Å². The van der Waals surface area contributed by atoms with Gasteiger partial charge in [-0.15, -0.1) is 0 Å². The van der Waals surface area contributed by atoms with Crippen molar-refractivity contribution in [2.75, 3.05) is 32.6 Å². The second-order valence-corrected chi connectivity index (χ2v) is 6.52. The largest absolute Gasteiger partial charge is 0.495 e. The summed E-state index contributed by atoms with van der Waals surface area (Å²) in [6, 6.07) is 6.16. The van der Waals surface area contributed by atoms with Crippen LogP contribution in [0, 0.1) is 12.8 Å². The first-order valence-corrected chi connectivity index (χ1v) is 8.29. The zero-order valence-corrected chi connectivity index (χ0v) is 14.3. The fourth-order valence-corrected chi connectivity index (χ4v) is 3.23. The number of amides is 1. The van der Waals surface area contributed by atoms with E-state index in [1.165, 1.54) is 0 Å². The summed E-state index contributed by atoms with van der Waals surface area (Å²) >= 11 is 0. The Balaban J connectivity index is 1.88. The monoisotopic (exact) mass is 320 g/mol. The van der Waals surface area contributed by atoms with E-state index >= 15 is 0 Å². The van der Waals surface area contributed by atoms with Crippen molar-refractivity contribution in [3.8, 4) is 5.75 Å². The van der Waals surface area contributed by atoms with E-state index < -0.39 is 0 Å². The summed E-state index contributed by atoms with van der Waals surface area (Å²) in [6.45, 7) is 2.64. The van der Waals surface area contributed by atoms with Gasteiger partial charge in [-0.3, -0.25) is 9.69 Å². The van der Waals surface area contributed by atoms with Crippen molar-refractivity contribution in [2.24, 2.45) is 5.92 Å². The number of hydrogen-bond donors (Lipinski definition) is 2. The minimum Gasteiger partial charge on any atom is -0.495 e. The fourth-order valence-electron chi connectivity index (χ4n) is 3.23. The van der Waals surface area contributed by atoms with Crippen LogP contribution in [0.5, 0.6) is 5.75 Å². The minimum absolute atomic E-state index is 0.0271. The van der Waals surface area contributed by atoms with E-state index in [4.69, 9.17) is 4.74 Å². The normalized spacial score (nSPS) is 21.3. The molecule has 0 unspecified atom stereocenters. The fraction of sp³-hybridized carbons (Fsp3) is 0.611. The van der Waals surface area contributed by atoms with Crippen molar-refractivity contribution in [1.82, 2.24) is 4.90 Å². The Morgan fingerprint density at radius 3 is 2.65 bits per heavy atom. The van der Waals surface area contributed by atoms with Crippen LogP contribution in [-0.2, 0) is 4.79 Å². The van der Waals surface area contributed by atoms with Crippen LogP contribution in [0.25, 0.3) is 0 Å². The van der Waals surface area contributed by atoms with E-state index in [0.717, 1.165) is 36.9 Å². The zero-order valence-electron chi connectivity index (χ0n) is 14.3. The summed E-state index contributed by atoms with van der Waals surface area (Å²) in [5.41, 5.74) is 1.80. The molecule has 5 heteroatoms. The van der Waals surface area contributed by atoms with Crippen molar-refractivity contribution in [2.45, 2.75) is 38.6 Å². The molecule has 1 aliphatic carbocycles. The third-order valence-electron chi connectivity index (χ3n) is 4.72. The number of nitrogens with zero attached hydrogens (tertiary/aromatic N) is 1. The molecule has 0 spiro atoms. The van der Waals surface area contributed by atoms with Crippen molar-refractivity contribution in [1.29, 1.82) is 0 Å². The number of carbonyl (C=O) groups excluding carboxylic acids is 1. The van der Waals surface area contributed by atoms with E-state index in [1.807, 2.05) is 32.2 Å². The standard InChI is InChI=1S/C18H28N2O3/c1-13-4-9-17(23-3)16(10-13)19-18(22)11-20(2)15-7-5-14(12-21)6-8-15/h4,9-10,14-15,21H,5-8,11-12H2,1-3H3,(H,19,22). The topological polar surface area (TPSA) is 61.8 Å². The molecule has 0 heterocycles. The first-order chi connectivity index (χ1) is 11.0. The molecule has 5 nitrogen and oxygen atoms in total. The lowest BCUT2D eigenvalue weighted by molar-refractivity contribution is -0.117. The first kappa shape index (κ1) is 17.8. The molecule has 0 bridgehead atoms. The van der Waals surface area contributed by atoms with E-state index in [2.05, 4.69) is 10.2 Å². The van der Waals surface area contributed by atoms with Gasteiger partial charge in [0.1, 0.15) is 5.75 Å². The molecular formula is C18H28N2O3. The van der Waals surface area contributed by atoms with Crippen molar-refractivity contribution in [3.63, 3.8) is 0 Å². The highest BCUT2D eigenvalue weighted by Gasteiger charge is 2.24. The molecule has 1 saturated carbocycles. The molecule has 2 rings (SSSR count). The molecule has 1 aliphatic rings. The van der Waals surface area contributed by atoms with Crippen molar-refractivity contribution in [3.05, 3.63) is 23.8 Å². The number of likely N-dealkylation sites (N-methyl/N-ethyl adjacent to an activating group) is 1. The van der Waals surface area contributed by atoms with Gasteiger partial charge in [-0.25, -0.2) is 0 Å². The maximum Gasteiger partial charge on any atom is 0.238 e. The number of aliphatic hydroxyl groups is 1. The third-order valence-corrected chi connectivity index (χ3v) is 4.72. The van der Waals surface area contributed by atoms with Crippen LogP contribution in [0.2, 0.25) is 0 Å². The Kier molecular flexibility index (Phi) is 6.42. The Morgan fingerprint density at radius 1 is 1.35 bits per heavy atom. The zero-order chi connectivity index (χ0) is 16.8. The first-order valence-electron chi connectivity index (χ1n) is 8.29.